The van der Waals surface area contributed by atoms with E-state index in [0.29, 0.717) is 38.4 Å². The molecule has 6 nitrogen and oxygen atoms in total. The molecular weight excluding hydrogens is 373 g/mol. The summed E-state index contributed by atoms with van der Waals surface area (Å²) in [5.74, 6) is -0.0792. The van der Waals surface area contributed by atoms with Gasteiger partial charge in [-0.1, -0.05) is 6.07 Å². The molecule has 0 radical (unpaired) electrons. The fourth-order valence-electron chi connectivity index (χ4n) is 4.37. The van der Waals surface area contributed by atoms with Gasteiger partial charge in [0.05, 0.1) is 44.8 Å². The summed E-state index contributed by atoms with van der Waals surface area (Å²) in [7, 11) is 0. The Morgan fingerprint density at radius 2 is 1.86 bits per heavy atom. The number of benzene rings is 1. The molecule has 3 aliphatic rings. The van der Waals surface area contributed by atoms with Crippen LogP contribution < -0.4 is 9.80 Å². The number of alkyl halides is 3. The Morgan fingerprint density at radius 1 is 1.11 bits per heavy atom. The molecule has 9 heteroatoms. The highest BCUT2D eigenvalue weighted by atomic mass is 19.4. The number of quaternary nitrogens is 1. The van der Waals surface area contributed by atoms with E-state index in [-0.39, 0.29) is 18.0 Å². The lowest BCUT2D eigenvalue weighted by Gasteiger charge is -2.34. The quantitative estimate of drug-likeness (QED) is 0.766. The SMILES string of the molecule is O=C1[C@@H]2CCCN2C(=O)N1CC[NH+]1CCN(c2cccc(C(F)(F)F)c2)CC1. The van der Waals surface area contributed by atoms with E-state index in [0.717, 1.165) is 32.0 Å². The van der Waals surface area contributed by atoms with Crippen LogP contribution in [0, 0.1) is 0 Å². The minimum absolute atomic E-state index is 0.0792. The van der Waals surface area contributed by atoms with Crippen molar-refractivity contribution >= 4 is 17.6 Å². The van der Waals surface area contributed by atoms with Crippen molar-refractivity contribution in [2.45, 2.75) is 25.1 Å². The number of piperazine rings is 1. The monoisotopic (exact) mass is 397 g/mol. The largest absolute Gasteiger partial charge is 0.416 e. The molecule has 3 heterocycles. The van der Waals surface area contributed by atoms with Crippen LogP contribution in [-0.2, 0) is 11.0 Å². The van der Waals surface area contributed by atoms with Crippen LogP contribution >= 0.6 is 0 Å². The number of nitrogens with zero attached hydrogens (tertiary/aromatic N) is 3. The van der Waals surface area contributed by atoms with Gasteiger partial charge in [-0.15, -0.1) is 0 Å². The highest BCUT2D eigenvalue weighted by Gasteiger charge is 2.47. The van der Waals surface area contributed by atoms with Crippen LogP contribution in [0.3, 0.4) is 0 Å². The van der Waals surface area contributed by atoms with Crippen LogP contribution in [0.2, 0.25) is 0 Å². The number of rotatable bonds is 4. The van der Waals surface area contributed by atoms with Gasteiger partial charge < -0.3 is 14.7 Å². The molecule has 0 aromatic heterocycles. The number of carbonyl (C=O) groups is 2. The molecule has 3 saturated heterocycles. The van der Waals surface area contributed by atoms with E-state index in [4.69, 9.17) is 0 Å². The Kier molecular flexibility index (Phi) is 4.95. The fourth-order valence-corrected chi connectivity index (χ4v) is 4.37. The van der Waals surface area contributed by atoms with Crippen molar-refractivity contribution in [1.82, 2.24) is 9.80 Å². The van der Waals surface area contributed by atoms with E-state index in [1.807, 2.05) is 4.90 Å². The lowest BCUT2D eigenvalue weighted by molar-refractivity contribution is -0.899. The average molecular weight is 397 g/mol. The smallest absolute Gasteiger partial charge is 0.360 e. The summed E-state index contributed by atoms with van der Waals surface area (Å²) in [6, 6.07) is 4.98. The number of halogens is 3. The predicted octanol–water partition coefficient (Wildman–Crippen LogP) is 0.837. The second-order valence-electron chi connectivity index (χ2n) is 7.66. The van der Waals surface area contributed by atoms with Crippen molar-refractivity contribution < 1.29 is 27.7 Å². The second kappa shape index (κ2) is 7.27. The number of imide groups is 1. The Labute approximate surface area is 161 Å². The third kappa shape index (κ3) is 3.55. The van der Waals surface area contributed by atoms with Gasteiger partial charge in [0.1, 0.15) is 6.04 Å². The summed E-state index contributed by atoms with van der Waals surface area (Å²) in [5, 5.41) is 0. The van der Waals surface area contributed by atoms with Crippen molar-refractivity contribution in [1.29, 1.82) is 0 Å². The topological polar surface area (TPSA) is 48.3 Å². The Balaban J connectivity index is 1.29. The number of anilines is 1. The first kappa shape index (κ1) is 19.0. The summed E-state index contributed by atoms with van der Waals surface area (Å²) < 4.78 is 38.7. The Morgan fingerprint density at radius 3 is 2.54 bits per heavy atom. The first-order valence-electron chi connectivity index (χ1n) is 9.72. The molecule has 0 unspecified atom stereocenters. The molecule has 0 aliphatic carbocycles. The van der Waals surface area contributed by atoms with Gasteiger partial charge in [-0.2, -0.15) is 13.2 Å². The molecule has 3 fully saturated rings. The molecule has 152 valence electrons. The zero-order valence-corrected chi connectivity index (χ0v) is 15.5. The maximum absolute atomic E-state index is 12.9. The van der Waals surface area contributed by atoms with E-state index in [1.54, 1.807) is 11.0 Å². The van der Waals surface area contributed by atoms with Gasteiger partial charge in [0.2, 0.25) is 0 Å². The summed E-state index contributed by atoms with van der Waals surface area (Å²) in [6.07, 6.45) is -2.70. The average Bonchev–Trinajstić information content (AvgIpc) is 3.25. The lowest BCUT2D eigenvalue weighted by Crippen LogP contribution is -3.15. The molecule has 1 atom stereocenters. The van der Waals surface area contributed by atoms with Crippen molar-refractivity contribution in [2.24, 2.45) is 0 Å². The van der Waals surface area contributed by atoms with Gasteiger partial charge in [-0.3, -0.25) is 9.69 Å². The van der Waals surface area contributed by atoms with Crippen LogP contribution in [0.25, 0.3) is 0 Å². The van der Waals surface area contributed by atoms with Crippen molar-refractivity contribution in [2.75, 3.05) is 50.7 Å². The van der Waals surface area contributed by atoms with Gasteiger partial charge in [0.25, 0.3) is 5.91 Å². The number of fused-ring (bicyclic) bond motifs is 1. The first-order valence-corrected chi connectivity index (χ1v) is 9.72. The molecule has 0 bridgehead atoms. The number of hydrogen-bond donors (Lipinski definition) is 1. The molecule has 3 amide bonds. The van der Waals surface area contributed by atoms with E-state index in [2.05, 4.69) is 0 Å². The number of carbonyl (C=O) groups excluding carboxylic acids is 2. The molecule has 0 saturated carbocycles. The molecular formula is C19H24F3N4O2+. The zero-order chi connectivity index (χ0) is 19.9. The van der Waals surface area contributed by atoms with Gasteiger partial charge in [0.15, 0.2) is 0 Å². The van der Waals surface area contributed by atoms with Crippen LogP contribution in [0.4, 0.5) is 23.7 Å². The van der Waals surface area contributed by atoms with Gasteiger partial charge in [0, 0.05) is 12.2 Å². The summed E-state index contributed by atoms with van der Waals surface area (Å²) >= 11 is 0. The van der Waals surface area contributed by atoms with E-state index in [1.165, 1.54) is 21.9 Å². The van der Waals surface area contributed by atoms with E-state index in [9.17, 15) is 22.8 Å². The number of nitrogens with one attached hydrogen (secondary N) is 1. The van der Waals surface area contributed by atoms with Crippen LogP contribution in [0.5, 0.6) is 0 Å². The third-order valence-corrected chi connectivity index (χ3v) is 5.98. The zero-order valence-electron chi connectivity index (χ0n) is 15.5. The summed E-state index contributed by atoms with van der Waals surface area (Å²) in [5.41, 5.74) is -0.0502. The van der Waals surface area contributed by atoms with Crippen molar-refractivity contribution in [3.63, 3.8) is 0 Å². The highest BCUT2D eigenvalue weighted by molar-refractivity contribution is 6.04. The fraction of sp³-hybridized carbons (Fsp3) is 0.579. The molecule has 3 aliphatic heterocycles. The second-order valence-corrected chi connectivity index (χ2v) is 7.66. The van der Waals surface area contributed by atoms with E-state index < -0.39 is 11.7 Å². The van der Waals surface area contributed by atoms with Gasteiger partial charge in [-0.25, -0.2) is 4.79 Å². The van der Waals surface area contributed by atoms with Crippen LogP contribution in [-0.4, -0.2) is 73.6 Å². The molecule has 1 aromatic rings. The molecule has 0 spiro atoms. The Hall–Kier alpha value is -2.29. The van der Waals surface area contributed by atoms with Crippen molar-refractivity contribution in [3.05, 3.63) is 29.8 Å². The minimum Gasteiger partial charge on any atom is -0.360 e. The van der Waals surface area contributed by atoms with Crippen molar-refractivity contribution in [3.8, 4) is 0 Å². The maximum Gasteiger partial charge on any atom is 0.416 e. The highest BCUT2D eigenvalue weighted by Crippen LogP contribution is 2.31. The summed E-state index contributed by atoms with van der Waals surface area (Å²) in [6.45, 7) is 4.56. The van der Waals surface area contributed by atoms with Gasteiger partial charge >= 0.3 is 12.2 Å². The predicted molar refractivity (Wildman–Crippen MR) is 96.1 cm³/mol. The minimum atomic E-state index is -4.34. The molecule has 1 aromatic carbocycles. The normalized spacial score (nSPS) is 23.7. The van der Waals surface area contributed by atoms with Gasteiger partial charge in [-0.05, 0) is 31.0 Å². The Bertz CT molecular complexity index is 740. The standard InChI is InChI=1S/C19H23F3N4O2/c20-19(21,22)14-3-1-4-15(13-14)24-10-7-23(8-11-24)9-12-26-17(27)16-5-2-6-25(16)18(26)28/h1,3-4,13,16H,2,5-12H2/p+1/t16-/m0/s1. The number of urea groups is 1. The van der Waals surface area contributed by atoms with Crippen LogP contribution in [0.1, 0.15) is 18.4 Å². The number of hydrogen-bond acceptors (Lipinski definition) is 3. The lowest BCUT2D eigenvalue weighted by atomic mass is 10.1. The van der Waals surface area contributed by atoms with E-state index >= 15 is 0 Å². The third-order valence-electron chi connectivity index (χ3n) is 5.98. The maximum atomic E-state index is 12.9. The number of amides is 3. The molecule has 4 rings (SSSR count). The molecule has 1 N–H and O–H groups in total. The molecule has 28 heavy (non-hydrogen) atoms. The first-order chi connectivity index (χ1) is 13.3. The summed E-state index contributed by atoms with van der Waals surface area (Å²) in [4.78, 5) is 31.0. The van der Waals surface area contributed by atoms with Crippen LogP contribution in [0.15, 0.2) is 24.3 Å².